The molecule has 3 rings (SSSR count). The first kappa shape index (κ1) is 15.8. The minimum absolute atomic E-state index is 0.0584. The quantitative estimate of drug-likeness (QED) is 0.520. The van der Waals surface area contributed by atoms with Gasteiger partial charge >= 0.3 is 0 Å². The molecule has 23 heavy (non-hydrogen) atoms. The van der Waals surface area contributed by atoms with Crippen LogP contribution < -0.4 is 5.32 Å². The molecule has 9 heteroatoms. The van der Waals surface area contributed by atoms with Crippen LogP contribution in [0.25, 0.3) is 5.00 Å². The molecule has 6 nitrogen and oxygen atoms in total. The number of aromatic nitrogens is 2. The first-order chi connectivity index (χ1) is 11.0. The highest BCUT2D eigenvalue weighted by molar-refractivity contribution is 7.13. The van der Waals surface area contributed by atoms with Crippen molar-refractivity contribution in [1.29, 1.82) is 0 Å². The van der Waals surface area contributed by atoms with Crippen LogP contribution in [0.2, 0.25) is 10.0 Å². The summed E-state index contributed by atoms with van der Waals surface area (Å²) in [5.41, 5.74) is 1.27. The summed E-state index contributed by atoms with van der Waals surface area (Å²) in [7, 11) is 0. The molecule has 2 aromatic heterocycles. The highest BCUT2D eigenvalue weighted by Gasteiger charge is 2.17. The van der Waals surface area contributed by atoms with Crippen LogP contribution in [0.15, 0.2) is 42.3 Å². The zero-order chi connectivity index (χ0) is 16.4. The van der Waals surface area contributed by atoms with E-state index in [0.29, 0.717) is 10.6 Å². The second-order valence-corrected chi connectivity index (χ2v) is 6.35. The number of nitro benzene ring substituents is 1. The van der Waals surface area contributed by atoms with Gasteiger partial charge in [0.25, 0.3) is 5.69 Å². The van der Waals surface area contributed by atoms with E-state index < -0.39 is 4.92 Å². The minimum atomic E-state index is -0.468. The van der Waals surface area contributed by atoms with Gasteiger partial charge in [-0.05, 0) is 12.1 Å². The van der Waals surface area contributed by atoms with Crippen molar-refractivity contribution in [2.75, 3.05) is 5.32 Å². The zero-order valence-electron chi connectivity index (χ0n) is 11.6. The van der Waals surface area contributed by atoms with Crippen LogP contribution in [-0.4, -0.2) is 14.5 Å². The lowest BCUT2D eigenvalue weighted by atomic mass is 10.2. The molecule has 2 heterocycles. The fourth-order valence-corrected chi connectivity index (χ4v) is 3.20. The van der Waals surface area contributed by atoms with E-state index in [4.69, 9.17) is 23.2 Å². The molecule has 0 atom stereocenters. The second-order valence-electron chi connectivity index (χ2n) is 4.65. The van der Waals surface area contributed by atoms with Crippen LogP contribution in [-0.2, 0) is 6.54 Å². The molecule has 0 bridgehead atoms. The summed E-state index contributed by atoms with van der Waals surface area (Å²) in [6.45, 7) is 0.271. The molecule has 0 radical (unpaired) electrons. The number of hydrogen-bond donors (Lipinski definition) is 1. The maximum absolute atomic E-state index is 11.1. The van der Waals surface area contributed by atoms with Gasteiger partial charge in [-0.1, -0.05) is 23.2 Å². The third-order valence-electron chi connectivity index (χ3n) is 3.15. The third kappa shape index (κ3) is 3.47. The molecular weight excluding hydrogens is 359 g/mol. The Morgan fingerprint density at radius 2 is 2.09 bits per heavy atom. The van der Waals surface area contributed by atoms with E-state index in [0.717, 1.165) is 10.7 Å². The maximum Gasteiger partial charge on any atom is 0.275 e. The third-order valence-corrected chi connectivity index (χ3v) is 4.81. The smallest absolute Gasteiger partial charge is 0.275 e. The zero-order valence-corrected chi connectivity index (χ0v) is 13.9. The summed E-state index contributed by atoms with van der Waals surface area (Å²) >= 11 is 13.3. The van der Waals surface area contributed by atoms with Crippen molar-refractivity contribution < 1.29 is 4.92 Å². The molecule has 0 fully saturated rings. The average Bonchev–Trinajstić information content (AvgIpc) is 3.18. The van der Waals surface area contributed by atoms with Crippen LogP contribution in [0.1, 0.15) is 5.56 Å². The first-order valence-electron chi connectivity index (χ1n) is 6.47. The molecule has 0 unspecified atom stereocenters. The van der Waals surface area contributed by atoms with Gasteiger partial charge in [-0.2, -0.15) is 0 Å². The van der Waals surface area contributed by atoms with Crippen LogP contribution in [0.4, 0.5) is 11.4 Å². The molecule has 0 spiro atoms. The standard InChI is InChI=1S/C14H10Cl2N4O2S/c15-11-3-9(13(20(21)22)5-12(11)16)6-18-10-4-14(23-7-10)19-2-1-17-8-19/h1-5,7-8,18H,6H2. The SMILES string of the molecule is O=[N+]([O-])c1cc(Cl)c(Cl)cc1CNc1csc(-n2ccnc2)c1. The largest absolute Gasteiger partial charge is 0.380 e. The molecule has 0 aliphatic carbocycles. The maximum atomic E-state index is 11.1. The highest BCUT2D eigenvalue weighted by Crippen LogP contribution is 2.31. The van der Waals surface area contributed by atoms with E-state index in [-0.39, 0.29) is 17.3 Å². The van der Waals surface area contributed by atoms with Gasteiger partial charge in [0.2, 0.25) is 0 Å². The van der Waals surface area contributed by atoms with Gasteiger partial charge in [0.05, 0.1) is 26.9 Å². The highest BCUT2D eigenvalue weighted by atomic mass is 35.5. The Hall–Kier alpha value is -2.09. The van der Waals surface area contributed by atoms with Crippen LogP contribution in [0.3, 0.4) is 0 Å². The number of benzene rings is 1. The van der Waals surface area contributed by atoms with Gasteiger partial charge in [-0.25, -0.2) is 4.98 Å². The molecule has 1 aromatic carbocycles. The summed E-state index contributed by atoms with van der Waals surface area (Å²) in [5.74, 6) is 0. The number of nitro groups is 1. The van der Waals surface area contributed by atoms with Crippen molar-refractivity contribution in [1.82, 2.24) is 9.55 Å². The first-order valence-corrected chi connectivity index (χ1v) is 8.11. The van der Waals surface area contributed by atoms with Gasteiger partial charge < -0.3 is 5.32 Å². The molecule has 0 saturated heterocycles. The summed E-state index contributed by atoms with van der Waals surface area (Å²) < 4.78 is 1.89. The lowest BCUT2D eigenvalue weighted by molar-refractivity contribution is -0.385. The Bertz CT molecular complexity index is 849. The van der Waals surface area contributed by atoms with Crippen molar-refractivity contribution in [2.24, 2.45) is 0 Å². The molecular formula is C14H10Cl2N4O2S. The number of imidazole rings is 1. The Morgan fingerprint density at radius 1 is 1.30 bits per heavy atom. The summed E-state index contributed by atoms with van der Waals surface area (Å²) in [5, 5.41) is 17.7. The number of hydrogen-bond acceptors (Lipinski definition) is 5. The average molecular weight is 369 g/mol. The van der Waals surface area contributed by atoms with E-state index in [9.17, 15) is 10.1 Å². The van der Waals surface area contributed by atoms with E-state index in [1.807, 2.05) is 22.2 Å². The lowest BCUT2D eigenvalue weighted by Gasteiger charge is -2.07. The Morgan fingerprint density at radius 3 is 2.78 bits per heavy atom. The lowest BCUT2D eigenvalue weighted by Crippen LogP contribution is -2.03. The molecule has 3 aromatic rings. The van der Waals surface area contributed by atoms with Crippen molar-refractivity contribution >= 4 is 45.9 Å². The Labute approximate surface area is 145 Å². The van der Waals surface area contributed by atoms with Crippen molar-refractivity contribution in [3.05, 3.63) is 68.0 Å². The predicted octanol–water partition coefficient (Wildman–Crippen LogP) is 4.76. The van der Waals surface area contributed by atoms with Crippen LogP contribution in [0, 0.1) is 10.1 Å². The molecule has 1 N–H and O–H groups in total. The topological polar surface area (TPSA) is 73.0 Å². The Kier molecular flexibility index (Phi) is 4.51. The van der Waals surface area contributed by atoms with Gasteiger partial charge in [0.1, 0.15) is 5.00 Å². The van der Waals surface area contributed by atoms with Crippen LogP contribution >= 0.6 is 34.5 Å². The number of thiophene rings is 1. The number of nitrogens with one attached hydrogen (secondary N) is 1. The summed E-state index contributed by atoms with van der Waals surface area (Å²) in [6, 6.07) is 4.72. The molecule has 0 aliphatic rings. The fraction of sp³-hybridized carbons (Fsp3) is 0.0714. The van der Waals surface area contributed by atoms with Gasteiger partial charge in [-0.15, -0.1) is 11.3 Å². The van der Waals surface area contributed by atoms with Crippen molar-refractivity contribution in [2.45, 2.75) is 6.54 Å². The summed E-state index contributed by atoms with van der Waals surface area (Å²) in [6.07, 6.45) is 5.25. The van der Waals surface area contributed by atoms with Gasteiger partial charge in [0.15, 0.2) is 0 Å². The van der Waals surface area contributed by atoms with E-state index >= 15 is 0 Å². The monoisotopic (exact) mass is 368 g/mol. The Balaban J connectivity index is 1.78. The fourth-order valence-electron chi connectivity index (χ4n) is 2.03. The van der Waals surface area contributed by atoms with Crippen molar-refractivity contribution in [3.8, 4) is 5.00 Å². The number of anilines is 1. The normalized spacial score (nSPS) is 10.7. The van der Waals surface area contributed by atoms with Crippen LogP contribution in [0.5, 0.6) is 0 Å². The predicted molar refractivity (Wildman–Crippen MR) is 91.9 cm³/mol. The second kappa shape index (κ2) is 6.57. The van der Waals surface area contributed by atoms with Crippen molar-refractivity contribution in [3.63, 3.8) is 0 Å². The van der Waals surface area contributed by atoms with Gasteiger partial charge in [0, 0.05) is 36.1 Å². The summed E-state index contributed by atoms with van der Waals surface area (Å²) in [4.78, 5) is 14.7. The number of halogens is 2. The number of rotatable bonds is 5. The molecule has 0 saturated carbocycles. The van der Waals surface area contributed by atoms with E-state index in [2.05, 4.69) is 10.3 Å². The molecule has 118 valence electrons. The van der Waals surface area contributed by atoms with E-state index in [1.54, 1.807) is 12.5 Å². The minimum Gasteiger partial charge on any atom is -0.380 e. The number of nitrogens with zero attached hydrogens (tertiary/aromatic N) is 3. The van der Waals surface area contributed by atoms with Gasteiger partial charge in [-0.3, -0.25) is 14.7 Å². The molecule has 0 amide bonds. The molecule has 0 aliphatic heterocycles. The van der Waals surface area contributed by atoms with E-state index in [1.165, 1.54) is 23.5 Å².